The molecule has 2 heterocycles. The Balaban J connectivity index is 0.000000282. The molecular weight excluding hydrogens is 468 g/mol. The molecule has 4 heteroatoms. The second-order valence-electron chi connectivity index (χ2n) is 9.23. The van der Waals surface area contributed by atoms with Crippen LogP contribution in [-0.4, -0.2) is 28.8 Å². The van der Waals surface area contributed by atoms with Crippen molar-refractivity contribution < 1.29 is 9.84 Å². The fourth-order valence-electron chi connectivity index (χ4n) is 3.97. The summed E-state index contributed by atoms with van der Waals surface area (Å²) < 4.78 is 5.50. The van der Waals surface area contributed by atoms with Gasteiger partial charge >= 0.3 is 0 Å². The number of aliphatic hydroxyl groups is 1. The van der Waals surface area contributed by atoms with Gasteiger partial charge in [-0.1, -0.05) is 90.7 Å². The Morgan fingerprint density at radius 1 is 1.03 bits per heavy atom. The van der Waals surface area contributed by atoms with E-state index in [1.165, 1.54) is 38.5 Å². The van der Waals surface area contributed by atoms with Crippen molar-refractivity contribution in [1.82, 2.24) is 0 Å². The van der Waals surface area contributed by atoms with Crippen molar-refractivity contribution in [3.05, 3.63) is 70.3 Å². The molecule has 0 saturated heterocycles. The molecule has 1 atom stereocenters. The molecule has 0 spiro atoms. The molecule has 198 valence electrons. The Morgan fingerprint density at radius 3 is 2.26 bits per heavy atom. The largest absolute Gasteiger partial charge is 0.494 e. The number of ether oxygens (including phenoxy) is 1. The Hall–Kier alpha value is -1.10. The number of rotatable bonds is 11. The van der Waals surface area contributed by atoms with Crippen LogP contribution in [0.5, 0.6) is 0 Å². The van der Waals surface area contributed by atoms with Crippen LogP contribution in [0, 0.1) is 5.92 Å². The molecule has 3 rings (SSSR count). The van der Waals surface area contributed by atoms with Crippen molar-refractivity contribution in [1.29, 1.82) is 0 Å². The van der Waals surface area contributed by atoms with Gasteiger partial charge in [0.05, 0.1) is 6.61 Å². The molecule has 0 aromatic carbocycles. The van der Waals surface area contributed by atoms with Gasteiger partial charge in [-0.3, -0.25) is 0 Å². The first-order valence-corrected chi connectivity index (χ1v) is 15.6. The lowest BCUT2D eigenvalue weighted by molar-refractivity contribution is 0.174. The van der Waals surface area contributed by atoms with E-state index in [2.05, 4.69) is 64.7 Å². The van der Waals surface area contributed by atoms with Crippen LogP contribution in [0.15, 0.2) is 70.3 Å². The number of unbranched alkanes of at least 4 members (excludes halogenated alkanes) is 1. The monoisotopic (exact) mass is 518 g/mol. The molecule has 1 N–H and O–H groups in total. The van der Waals surface area contributed by atoms with Gasteiger partial charge in [0.2, 0.25) is 0 Å². The topological polar surface area (TPSA) is 29.5 Å². The molecule has 0 bridgehead atoms. The average molecular weight is 519 g/mol. The molecule has 2 nitrogen and oxygen atoms in total. The molecule has 2 aliphatic heterocycles. The van der Waals surface area contributed by atoms with Gasteiger partial charge in [-0.2, -0.15) is 0 Å². The fourth-order valence-corrected chi connectivity index (χ4v) is 6.27. The Bertz CT molecular complexity index is 756. The Labute approximate surface area is 225 Å². The van der Waals surface area contributed by atoms with Gasteiger partial charge in [-0.15, -0.1) is 23.5 Å². The van der Waals surface area contributed by atoms with Crippen LogP contribution in [0.2, 0.25) is 0 Å². The van der Waals surface area contributed by atoms with Gasteiger partial charge in [0.1, 0.15) is 11.4 Å². The maximum Gasteiger partial charge on any atom is 0.147 e. The minimum Gasteiger partial charge on any atom is -0.494 e. The molecule has 0 fully saturated rings. The van der Waals surface area contributed by atoms with E-state index in [-0.39, 0.29) is 0 Å². The molecule has 35 heavy (non-hydrogen) atoms. The smallest absolute Gasteiger partial charge is 0.147 e. The number of hydrogen-bond donors (Lipinski definition) is 1. The van der Waals surface area contributed by atoms with Crippen LogP contribution in [0.4, 0.5) is 0 Å². The molecule has 0 saturated carbocycles. The summed E-state index contributed by atoms with van der Waals surface area (Å²) in [7, 11) is 0. The lowest BCUT2D eigenvalue weighted by Crippen LogP contribution is -2.32. The standard InChI is InChI=1S/C13H16OS2.C10H16O.C8H18/c1-10(2)13(14,12-7-5-9-16-12)11-6-3-4-8-15-11;1-2-3-9-11-10-7-5-4-6-8-10;1-4-7-8(5-2)6-3/h3-4,6-7,14H,1,5,8-9H2,2H3;5,7-8H,2-4,6,9H2,1H3;8H,4-7H2,1-3H3. The normalized spacial score (nSPS) is 18.3. The Morgan fingerprint density at radius 2 is 1.80 bits per heavy atom. The molecule has 0 aromatic rings. The summed E-state index contributed by atoms with van der Waals surface area (Å²) in [4.78, 5) is 2.05. The van der Waals surface area contributed by atoms with Crippen molar-refractivity contribution in [2.45, 2.75) is 98.0 Å². The van der Waals surface area contributed by atoms with Crippen molar-refractivity contribution in [2.75, 3.05) is 18.1 Å². The summed E-state index contributed by atoms with van der Waals surface area (Å²) in [6.07, 6.45) is 25.9. The quantitative estimate of drug-likeness (QED) is 0.218. The molecule has 3 aliphatic rings. The molecule has 0 amide bonds. The van der Waals surface area contributed by atoms with Gasteiger partial charge in [-0.05, 0) is 62.3 Å². The summed E-state index contributed by atoms with van der Waals surface area (Å²) in [6.45, 7) is 15.7. The van der Waals surface area contributed by atoms with Crippen molar-refractivity contribution >= 4 is 23.5 Å². The lowest BCUT2D eigenvalue weighted by atomic mass is 9.93. The first kappa shape index (κ1) is 31.9. The highest BCUT2D eigenvalue weighted by Crippen LogP contribution is 2.46. The number of thioether (sulfide) groups is 2. The van der Waals surface area contributed by atoms with Gasteiger partial charge in [0.25, 0.3) is 0 Å². The molecule has 1 aliphatic carbocycles. The zero-order valence-electron chi connectivity index (χ0n) is 23.0. The average Bonchev–Trinajstić information content (AvgIpc) is 3.44. The van der Waals surface area contributed by atoms with E-state index < -0.39 is 5.60 Å². The van der Waals surface area contributed by atoms with E-state index in [0.29, 0.717) is 0 Å². The number of hydrogen-bond acceptors (Lipinski definition) is 4. The van der Waals surface area contributed by atoms with Crippen molar-refractivity contribution in [2.24, 2.45) is 5.92 Å². The summed E-state index contributed by atoms with van der Waals surface area (Å²) >= 11 is 3.44. The van der Waals surface area contributed by atoms with Crippen molar-refractivity contribution in [3.8, 4) is 0 Å². The first-order valence-electron chi connectivity index (χ1n) is 13.6. The highest BCUT2D eigenvalue weighted by molar-refractivity contribution is 8.04. The molecule has 1 unspecified atom stereocenters. The number of allylic oxidation sites excluding steroid dienone is 6. The predicted molar refractivity (Wildman–Crippen MR) is 161 cm³/mol. The SMILES string of the molecule is C=C(C)C(O)(C1=CC=CCS1)C1=CCCS1.CCCC(CC)CC.CCCCOC1=CCCC=C1. The van der Waals surface area contributed by atoms with E-state index >= 15 is 0 Å². The minimum absolute atomic E-state index is 0.808. The first-order chi connectivity index (χ1) is 16.9. The van der Waals surface area contributed by atoms with E-state index in [4.69, 9.17) is 4.74 Å². The fraction of sp³-hybridized carbons (Fsp3) is 0.613. The third kappa shape index (κ3) is 11.7. The lowest BCUT2D eigenvalue weighted by Gasteiger charge is -2.32. The van der Waals surface area contributed by atoms with Gasteiger partial charge < -0.3 is 9.84 Å². The van der Waals surface area contributed by atoms with Crippen LogP contribution in [0.3, 0.4) is 0 Å². The van der Waals surface area contributed by atoms with E-state index in [9.17, 15) is 5.11 Å². The van der Waals surface area contributed by atoms with E-state index in [0.717, 1.165) is 64.4 Å². The van der Waals surface area contributed by atoms with Crippen molar-refractivity contribution in [3.63, 3.8) is 0 Å². The van der Waals surface area contributed by atoms with E-state index in [1.54, 1.807) is 23.5 Å². The van der Waals surface area contributed by atoms with Crippen LogP contribution in [0.1, 0.15) is 92.4 Å². The maximum atomic E-state index is 10.9. The zero-order chi connectivity index (χ0) is 25.9. The third-order valence-electron chi connectivity index (χ3n) is 6.33. The second kappa shape index (κ2) is 19.1. The molecule has 0 radical (unpaired) electrons. The molecule has 0 aromatic heterocycles. The summed E-state index contributed by atoms with van der Waals surface area (Å²) in [5.74, 6) is 4.06. The summed E-state index contributed by atoms with van der Waals surface area (Å²) in [5.41, 5.74) is -0.140. The van der Waals surface area contributed by atoms with Gasteiger partial charge in [-0.25, -0.2) is 0 Å². The van der Waals surface area contributed by atoms with Crippen LogP contribution in [0.25, 0.3) is 0 Å². The zero-order valence-corrected chi connectivity index (χ0v) is 24.6. The highest BCUT2D eigenvalue weighted by atomic mass is 32.2. The Kier molecular flexibility index (Phi) is 17.4. The van der Waals surface area contributed by atoms with Gasteiger partial charge in [0.15, 0.2) is 0 Å². The second-order valence-corrected chi connectivity index (χ2v) is 11.4. The van der Waals surface area contributed by atoms with Gasteiger partial charge in [0, 0.05) is 21.3 Å². The third-order valence-corrected chi connectivity index (χ3v) is 8.65. The maximum absolute atomic E-state index is 10.9. The van der Waals surface area contributed by atoms with E-state index in [1.807, 2.05) is 19.1 Å². The van der Waals surface area contributed by atoms with Crippen LogP contribution < -0.4 is 0 Å². The summed E-state index contributed by atoms with van der Waals surface area (Å²) in [5, 5.41) is 10.9. The minimum atomic E-state index is -0.948. The van der Waals surface area contributed by atoms with Crippen LogP contribution in [-0.2, 0) is 4.74 Å². The van der Waals surface area contributed by atoms with Crippen LogP contribution >= 0.6 is 23.5 Å². The highest BCUT2D eigenvalue weighted by Gasteiger charge is 2.38. The predicted octanol–water partition coefficient (Wildman–Crippen LogP) is 9.76. The summed E-state index contributed by atoms with van der Waals surface area (Å²) in [6, 6.07) is 0. The molecular formula is C31H50O2S2.